The Balaban J connectivity index is 0. The molecule has 0 saturated carbocycles. The van der Waals surface area contributed by atoms with Crippen LogP contribution >= 0.6 is 0 Å². The van der Waals surface area contributed by atoms with Gasteiger partial charge >= 0.3 is 5.97 Å². The third-order valence-electron chi connectivity index (χ3n) is 1.86. The van der Waals surface area contributed by atoms with E-state index in [1.165, 1.54) is 19.3 Å². The molecule has 0 amide bonds. The molecule has 0 radical (unpaired) electrons. The second-order valence-electron chi connectivity index (χ2n) is 3.39. The van der Waals surface area contributed by atoms with Crippen LogP contribution in [0.3, 0.4) is 0 Å². The van der Waals surface area contributed by atoms with E-state index in [0.29, 0.717) is 13.0 Å². The summed E-state index contributed by atoms with van der Waals surface area (Å²) in [4.78, 5) is 10.0. The number of carbonyl (C=O) groups is 1. The van der Waals surface area contributed by atoms with Gasteiger partial charge in [0.25, 0.3) is 0 Å². The van der Waals surface area contributed by atoms with Crippen LogP contribution in [0.4, 0.5) is 0 Å². The molecule has 15 heavy (non-hydrogen) atoms. The minimum absolute atomic E-state index is 0.233. The minimum atomic E-state index is -0.670. The molecule has 0 fully saturated rings. The summed E-state index contributed by atoms with van der Waals surface area (Å²) in [5.41, 5.74) is 0. The molecule has 0 aromatic rings. The van der Waals surface area contributed by atoms with Crippen molar-refractivity contribution < 1.29 is 15.0 Å². The number of nitrogens with one attached hydrogen (secondary N) is 1. The number of likely N-dealkylation sites (N-methyl/N-ethyl adjacent to an activating group) is 1. The van der Waals surface area contributed by atoms with E-state index in [9.17, 15) is 4.79 Å². The molecule has 0 aromatic carbocycles. The molecule has 4 heteroatoms. The molecule has 4 nitrogen and oxygen atoms in total. The van der Waals surface area contributed by atoms with E-state index in [2.05, 4.69) is 12.2 Å². The number of hydrogen-bond donors (Lipinski definition) is 3. The van der Waals surface area contributed by atoms with Crippen molar-refractivity contribution >= 4 is 5.97 Å². The second kappa shape index (κ2) is 15.8. The highest BCUT2D eigenvalue weighted by molar-refractivity contribution is 5.66. The summed E-state index contributed by atoms with van der Waals surface area (Å²) < 4.78 is 0. The number of aliphatic hydroxyl groups excluding tert-OH is 1. The summed E-state index contributed by atoms with van der Waals surface area (Å²) in [6, 6.07) is 0. The van der Waals surface area contributed by atoms with Gasteiger partial charge in [-0.2, -0.15) is 0 Å². The van der Waals surface area contributed by atoms with Crippen LogP contribution < -0.4 is 5.32 Å². The molecule has 0 aromatic heterocycles. The SMILES string of the molecule is CCCCCCCC(=O)O.CNCCO. The zero-order chi connectivity index (χ0) is 11.9. The molecule has 0 heterocycles. The molecule has 3 N–H and O–H groups in total. The molecule has 0 saturated heterocycles. The summed E-state index contributed by atoms with van der Waals surface area (Å²) in [6.07, 6.45) is 5.88. The Bertz CT molecular complexity index is 127. The van der Waals surface area contributed by atoms with Gasteiger partial charge in [0.2, 0.25) is 0 Å². The van der Waals surface area contributed by atoms with Gasteiger partial charge in [-0.15, -0.1) is 0 Å². The highest BCUT2D eigenvalue weighted by atomic mass is 16.4. The number of aliphatic carboxylic acids is 1. The first-order valence-corrected chi connectivity index (χ1v) is 5.66. The predicted molar refractivity (Wildman–Crippen MR) is 62.0 cm³/mol. The first-order chi connectivity index (χ1) is 7.18. The van der Waals surface area contributed by atoms with Crippen LogP contribution in [0.5, 0.6) is 0 Å². The van der Waals surface area contributed by atoms with Crippen LogP contribution in [0.2, 0.25) is 0 Å². The average molecular weight is 219 g/mol. The molecule has 0 bridgehead atoms. The normalized spacial score (nSPS) is 9.27. The smallest absolute Gasteiger partial charge is 0.303 e. The summed E-state index contributed by atoms with van der Waals surface area (Å²) in [7, 11) is 1.80. The van der Waals surface area contributed by atoms with Crippen molar-refractivity contribution in [3.05, 3.63) is 0 Å². The summed E-state index contributed by atoms with van der Waals surface area (Å²) in [5, 5.41) is 19.0. The van der Waals surface area contributed by atoms with E-state index in [1.807, 2.05) is 0 Å². The minimum Gasteiger partial charge on any atom is -0.481 e. The maximum Gasteiger partial charge on any atom is 0.303 e. The molecule has 0 aliphatic heterocycles. The van der Waals surface area contributed by atoms with Crippen molar-refractivity contribution in [1.29, 1.82) is 0 Å². The fraction of sp³-hybridized carbons (Fsp3) is 0.909. The van der Waals surface area contributed by atoms with E-state index < -0.39 is 5.97 Å². The van der Waals surface area contributed by atoms with Crippen molar-refractivity contribution in [2.75, 3.05) is 20.2 Å². The van der Waals surface area contributed by atoms with Crippen LogP contribution in [0.15, 0.2) is 0 Å². The summed E-state index contributed by atoms with van der Waals surface area (Å²) in [5.74, 6) is -0.670. The zero-order valence-corrected chi connectivity index (χ0v) is 9.96. The fourth-order valence-electron chi connectivity index (χ4n) is 0.992. The lowest BCUT2D eigenvalue weighted by Gasteiger charge is -1.95. The monoisotopic (exact) mass is 219 g/mol. The van der Waals surface area contributed by atoms with Crippen molar-refractivity contribution in [3.8, 4) is 0 Å². The lowest BCUT2D eigenvalue weighted by Crippen LogP contribution is -2.10. The largest absolute Gasteiger partial charge is 0.481 e. The Morgan fingerprint density at radius 2 is 1.80 bits per heavy atom. The van der Waals surface area contributed by atoms with Crippen LogP contribution in [0, 0.1) is 0 Å². The molecular weight excluding hydrogens is 194 g/mol. The average Bonchev–Trinajstić information content (AvgIpc) is 2.19. The number of unbranched alkanes of at least 4 members (excludes halogenated alkanes) is 4. The lowest BCUT2D eigenvalue weighted by atomic mass is 10.1. The summed E-state index contributed by atoms with van der Waals surface area (Å²) in [6.45, 7) is 3.08. The van der Waals surface area contributed by atoms with Gasteiger partial charge in [0, 0.05) is 13.0 Å². The lowest BCUT2D eigenvalue weighted by molar-refractivity contribution is -0.137. The number of hydrogen-bond acceptors (Lipinski definition) is 3. The van der Waals surface area contributed by atoms with Crippen LogP contribution in [-0.2, 0) is 4.79 Å². The standard InChI is InChI=1S/C8H16O2.C3H9NO/c1-2-3-4-5-6-7-8(9)10;1-4-2-3-5/h2-7H2,1H3,(H,9,10);4-5H,2-3H2,1H3. The van der Waals surface area contributed by atoms with Gasteiger partial charge in [0.15, 0.2) is 0 Å². The second-order valence-corrected chi connectivity index (χ2v) is 3.39. The van der Waals surface area contributed by atoms with Crippen molar-refractivity contribution in [1.82, 2.24) is 5.32 Å². The van der Waals surface area contributed by atoms with Gasteiger partial charge < -0.3 is 15.5 Å². The van der Waals surface area contributed by atoms with Crippen LogP contribution in [0.25, 0.3) is 0 Å². The topological polar surface area (TPSA) is 69.6 Å². The molecule has 92 valence electrons. The van der Waals surface area contributed by atoms with E-state index in [4.69, 9.17) is 10.2 Å². The highest BCUT2D eigenvalue weighted by Crippen LogP contribution is 2.04. The number of carboxylic acids is 1. The maximum atomic E-state index is 10.0. The first kappa shape index (κ1) is 16.8. The molecular formula is C11H25NO3. The van der Waals surface area contributed by atoms with Crippen molar-refractivity contribution in [2.24, 2.45) is 0 Å². The predicted octanol–water partition coefficient (Wildman–Crippen LogP) is 1.63. The quantitative estimate of drug-likeness (QED) is 0.543. The third kappa shape index (κ3) is 24.7. The maximum absolute atomic E-state index is 10.0. The molecule has 0 aliphatic carbocycles. The molecule has 0 unspecified atom stereocenters. The Morgan fingerprint density at radius 3 is 2.13 bits per heavy atom. The van der Waals surface area contributed by atoms with Crippen LogP contribution in [0.1, 0.15) is 45.4 Å². The van der Waals surface area contributed by atoms with Gasteiger partial charge in [0.05, 0.1) is 6.61 Å². The van der Waals surface area contributed by atoms with Gasteiger partial charge in [0.1, 0.15) is 0 Å². The third-order valence-corrected chi connectivity index (χ3v) is 1.86. The van der Waals surface area contributed by atoms with Crippen molar-refractivity contribution in [3.63, 3.8) is 0 Å². The van der Waals surface area contributed by atoms with Gasteiger partial charge in [-0.05, 0) is 13.5 Å². The fourth-order valence-corrected chi connectivity index (χ4v) is 0.992. The molecule has 0 spiro atoms. The van der Waals surface area contributed by atoms with E-state index in [0.717, 1.165) is 12.8 Å². The van der Waals surface area contributed by atoms with Gasteiger partial charge in [-0.3, -0.25) is 4.79 Å². The Labute approximate surface area is 92.7 Å². The van der Waals surface area contributed by atoms with Crippen molar-refractivity contribution in [2.45, 2.75) is 45.4 Å². The number of aliphatic hydroxyl groups is 1. The van der Waals surface area contributed by atoms with Gasteiger partial charge in [-0.25, -0.2) is 0 Å². The van der Waals surface area contributed by atoms with Crippen LogP contribution in [-0.4, -0.2) is 36.4 Å². The van der Waals surface area contributed by atoms with E-state index >= 15 is 0 Å². The van der Waals surface area contributed by atoms with Gasteiger partial charge in [-0.1, -0.05) is 32.6 Å². The summed E-state index contributed by atoms with van der Waals surface area (Å²) >= 11 is 0. The molecule has 0 rings (SSSR count). The van der Waals surface area contributed by atoms with E-state index in [-0.39, 0.29) is 6.61 Å². The molecule has 0 atom stereocenters. The number of rotatable bonds is 8. The number of carboxylic acid groups (broad SMARTS) is 1. The Kier molecular flexibility index (Phi) is 17.8. The molecule has 0 aliphatic rings. The first-order valence-electron chi connectivity index (χ1n) is 5.66. The Hall–Kier alpha value is -0.610. The Morgan fingerprint density at radius 1 is 1.20 bits per heavy atom. The highest BCUT2D eigenvalue weighted by Gasteiger charge is 1.94. The van der Waals surface area contributed by atoms with E-state index in [1.54, 1.807) is 7.05 Å². The zero-order valence-electron chi connectivity index (χ0n) is 9.96.